The Kier molecular flexibility index (Phi) is 5.35. The van der Waals surface area contributed by atoms with Crippen molar-refractivity contribution in [1.82, 2.24) is 4.98 Å². The number of hydrogen-bond donors (Lipinski definition) is 1. The summed E-state index contributed by atoms with van der Waals surface area (Å²) in [6.45, 7) is 3.98. The minimum atomic E-state index is -0.481. The maximum absolute atomic E-state index is 12.4. The number of aromatic nitrogens is 1. The quantitative estimate of drug-likeness (QED) is 0.682. The molecule has 0 saturated heterocycles. The molecule has 3 rings (SSSR count). The molecule has 1 heterocycles. The van der Waals surface area contributed by atoms with E-state index in [0.29, 0.717) is 27.7 Å². The second-order valence-corrected chi connectivity index (χ2v) is 5.99. The van der Waals surface area contributed by atoms with Crippen molar-refractivity contribution in [1.29, 1.82) is 0 Å². The minimum Gasteiger partial charge on any atom is -0.465 e. The smallest absolute Gasteiger partial charge is 0.341 e. The van der Waals surface area contributed by atoms with Crippen LogP contribution in [0.1, 0.15) is 33.2 Å². The number of benzene rings is 2. The van der Waals surface area contributed by atoms with Gasteiger partial charge in [0, 0.05) is 17.3 Å². The van der Waals surface area contributed by atoms with Crippen LogP contribution in [-0.2, 0) is 9.47 Å². The number of methoxy groups -OCH3 is 1. The van der Waals surface area contributed by atoms with Crippen molar-refractivity contribution in [3.8, 4) is 0 Å². The van der Waals surface area contributed by atoms with E-state index in [1.807, 2.05) is 31.2 Å². The Morgan fingerprint density at radius 3 is 2.63 bits per heavy atom. The van der Waals surface area contributed by atoms with E-state index in [2.05, 4.69) is 10.3 Å². The van der Waals surface area contributed by atoms with Crippen LogP contribution in [0.4, 0.5) is 11.4 Å². The highest BCUT2D eigenvalue weighted by atomic mass is 16.5. The summed E-state index contributed by atoms with van der Waals surface area (Å²) in [6, 6.07) is 12.8. The summed E-state index contributed by atoms with van der Waals surface area (Å²) in [4.78, 5) is 28.7. The molecule has 0 amide bonds. The van der Waals surface area contributed by atoms with E-state index in [1.54, 1.807) is 25.1 Å². The predicted molar refractivity (Wildman–Crippen MR) is 104 cm³/mol. The number of fused-ring (bicyclic) bond motifs is 1. The van der Waals surface area contributed by atoms with Crippen molar-refractivity contribution in [2.24, 2.45) is 0 Å². The molecular weight excluding hydrogens is 344 g/mol. The first-order valence-corrected chi connectivity index (χ1v) is 8.55. The predicted octanol–water partition coefficient (Wildman–Crippen LogP) is 4.25. The molecule has 6 nitrogen and oxygen atoms in total. The van der Waals surface area contributed by atoms with E-state index >= 15 is 0 Å². The zero-order valence-electron chi connectivity index (χ0n) is 15.4. The minimum absolute atomic E-state index is 0.253. The number of ether oxygens (including phenoxy) is 2. The molecule has 0 spiro atoms. The molecule has 27 heavy (non-hydrogen) atoms. The highest BCUT2D eigenvalue weighted by Gasteiger charge is 2.18. The van der Waals surface area contributed by atoms with Crippen LogP contribution in [0, 0.1) is 6.92 Å². The highest BCUT2D eigenvalue weighted by Crippen LogP contribution is 2.31. The number of aryl methyl sites for hydroxylation is 1. The summed E-state index contributed by atoms with van der Waals surface area (Å²) in [7, 11) is 1.33. The van der Waals surface area contributed by atoms with E-state index in [-0.39, 0.29) is 6.61 Å². The molecule has 0 atom stereocenters. The van der Waals surface area contributed by atoms with Crippen LogP contribution in [-0.4, -0.2) is 30.6 Å². The summed E-state index contributed by atoms with van der Waals surface area (Å²) in [5.74, 6) is -0.939. The third-order valence-electron chi connectivity index (χ3n) is 4.07. The molecule has 0 aliphatic rings. The molecule has 0 unspecified atom stereocenters. The van der Waals surface area contributed by atoms with E-state index < -0.39 is 11.9 Å². The van der Waals surface area contributed by atoms with Gasteiger partial charge in [-0.3, -0.25) is 4.98 Å². The van der Waals surface area contributed by atoms with Crippen molar-refractivity contribution >= 4 is 34.2 Å². The lowest BCUT2D eigenvalue weighted by atomic mass is 10.1. The summed E-state index contributed by atoms with van der Waals surface area (Å²) in [6.07, 6.45) is 1.48. The van der Waals surface area contributed by atoms with Gasteiger partial charge in [-0.1, -0.05) is 12.1 Å². The Labute approximate surface area is 157 Å². The fraction of sp³-hybridized carbons (Fsp3) is 0.190. The molecule has 0 bridgehead atoms. The number of carbonyl (C=O) groups is 2. The van der Waals surface area contributed by atoms with E-state index in [1.165, 1.54) is 13.3 Å². The Morgan fingerprint density at radius 2 is 1.93 bits per heavy atom. The lowest BCUT2D eigenvalue weighted by molar-refractivity contribution is 0.0526. The van der Waals surface area contributed by atoms with Crippen molar-refractivity contribution in [2.75, 3.05) is 19.0 Å². The zero-order valence-corrected chi connectivity index (χ0v) is 15.4. The monoisotopic (exact) mass is 364 g/mol. The Balaban J connectivity index is 2.20. The van der Waals surface area contributed by atoms with Crippen LogP contribution in [0.15, 0.2) is 48.7 Å². The van der Waals surface area contributed by atoms with Gasteiger partial charge in [0.05, 0.1) is 30.5 Å². The number of hydrogen-bond acceptors (Lipinski definition) is 6. The maximum Gasteiger partial charge on any atom is 0.341 e. The molecule has 0 aliphatic carbocycles. The standard InChI is InChI=1S/C21H20N2O4/c1-4-27-21(25)17-12-22-18-9-8-14(20(24)26-3)11-16(18)19(17)23-15-7-5-6-13(2)10-15/h5-12H,4H2,1-3H3,(H,22,23). The Hall–Kier alpha value is -3.41. The molecule has 3 aromatic rings. The maximum atomic E-state index is 12.4. The number of carbonyl (C=O) groups excluding carboxylic acids is 2. The number of rotatable bonds is 5. The van der Waals surface area contributed by atoms with E-state index in [4.69, 9.17) is 9.47 Å². The van der Waals surface area contributed by atoms with Crippen LogP contribution >= 0.6 is 0 Å². The summed E-state index contributed by atoms with van der Waals surface area (Å²) in [5.41, 5.74) is 3.75. The number of pyridine rings is 1. The zero-order chi connectivity index (χ0) is 19.4. The lowest BCUT2D eigenvalue weighted by Gasteiger charge is -2.15. The summed E-state index contributed by atoms with van der Waals surface area (Å²) < 4.78 is 9.97. The van der Waals surface area contributed by atoms with Crippen LogP contribution < -0.4 is 5.32 Å². The number of anilines is 2. The van der Waals surface area contributed by atoms with Gasteiger partial charge in [0.25, 0.3) is 0 Å². The Morgan fingerprint density at radius 1 is 1.11 bits per heavy atom. The van der Waals surface area contributed by atoms with Gasteiger partial charge in [0.1, 0.15) is 5.56 Å². The van der Waals surface area contributed by atoms with Crippen molar-refractivity contribution in [3.63, 3.8) is 0 Å². The molecule has 1 N–H and O–H groups in total. The second kappa shape index (κ2) is 7.86. The van der Waals surface area contributed by atoms with E-state index in [0.717, 1.165) is 11.3 Å². The van der Waals surface area contributed by atoms with Crippen molar-refractivity contribution in [2.45, 2.75) is 13.8 Å². The van der Waals surface area contributed by atoms with Gasteiger partial charge in [-0.05, 0) is 49.7 Å². The van der Waals surface area contributed by atoms with Crippen molar-refractivity contribution in [3.05, 3.63) is 65.4 Å². The number of esters is 2. The van der Waals surface area contributed by atoms with Gasteiger partial charge < -0.3 is 14.8 Å². The molecular formula is C21H20N2O4. The summed E-state index contributed by atoms with van der Waals surface area (Å²) >= 11 is 0. The van der Waals surface area contributed by atoms with Crippen LogP contribution in [0.2, 0.25) is 0 Å². The van der Waals surface area contributed by atoms with Gasteiger partial charge in [-0.25, -0.2) is 9.59 Å². The van der Waals surface area contributed by atoms with Crippen molar-refractivity contribution < 1.29 is 19.1 Å². The molecule has 1 aromatic heterocycles. The normalized spacial score (nSPS) is 10.5. The highest BCUT2D eigenvalue weighted by molar-refractivity contribution is 6.07. The van der Waals surface area contributed by atoms with Gasteiger partial charge in [0.15, 0.2) is 0 Å². The lowest BCUT2D eigenvalue weighted by Crippen LogP contribution is -2.10. The first-order chi connectivity index (χ1) is 13.0. The van der Waals surface area contributed by atoms with Crippen LogP contribution in [0.3, 0.4) is 0 Å². The SMILES string of the molecule is CCOC(=O)c1cnc2ccc(C(=O)OC)cc2c1Nc1cccc(C)c1. The summed E-state index contributed by atoms with van der Waals surface area (Å²) in [5, 5.41) is 3.92. The fourth-order valence-corrected chi connectivity index (χ4v) is 2.80. The number of nitrogens with one attached hydrogen (secondary N) is 1. The Bertz CT molecular complexity index is 1010. The topological polar surface area (TPSA) is 77.5 Å². The molecule has 138 valence electrons. The molecule has 0 saturated carbocycles. The van der Waals surface area contributed by atoms with Crippen LogP contribution in [0.5, 0.6) is 0 Å². The third kappa shape index (κ3) is 3.89. The first-order valence-electron chi connectivity index (χ1n) is 8.55. The second-order valence-electron chi connectivity index (χ2n) is 5.99. The van der Waals surface area contributed by atoms with E-state index in [9.17, 15) is 9.59 Å². The molecule has 0 aliphatic heterocycles. The van der Waals surface area contributed by atoms with Crippen LogP contribution in [0.25, 0.3) is 10.9 Å². The largest absolute Gasteiger partial charge is 0.465 e. The van der Waals surface area contributed by atoms with Gasteiger partial charge in [-0.2, -0.15) is 0 Å². The number of nitrogens with zero attached hydrogens (tertiary/aromatic N) is 1. The average molecular weight is 364 g/mol. The molecule has 6 heteroatoms. The van der Waals surface area contributed by atoms with Gasteiger partial charge in [-0.15, -0.1) is 0 Å². The average Bonchev–Trinajstić information content (AvgIpc) is 2.67. The fourth-order valence-electron chi connectivity index (χ4n) is 2.80. The third-order valence-corrected chi connectivity index (χ3v) is 4.07. The molecule has 2 aromatic carbocycles. The molecule has 0 fully saturated rings. The first kappa shape index (κ1) is 18.4. The molecule has 0 radical (unpaired) electrons. The van der Waals surface area contributed by atoms with Gasteiger partial charge >= 0.3 is 11.9 Å². The van der Waals surface area contributed by atoms with Gasteiger partial charge in [0.2, 0.25) is 0 Å².